The lowest BCUT2D eigenvalue weighted by Gasteiger charge is -2.35. The van der Waals surface area contributed by atoms with Gasteiger partial charge in [0.2, 0.25) is 0 Å². The van der Waals surface area contributed by atoms with Crippen molar-refractivity contribution in [1.29, 1.82) is 0 Å². The number of halogens is 1. The number of hydrogen-bond donors (Lipinski definition) is 0. The van der Waals surface area contributed by atoms with E-state index in [1.165, 1.54) is 19.3 Å². The normalized spacial score (nSPS) is 37.2. The summed E-state index contributed by atoms with van der Waals surface area (Å²) in [5.74, 6) is 2.43. The highest BCUT2D eigenvalue weighted by atomic mass is 127. The summed E-state index contributed by atoms with van der Waals surface area (Å²) in [6, 6.07) is 0. The maximum atomic E-state index is 5.51. The van der Waals surface area contributed by atoms with Gasteiger partial charge in [-0.2, -0.15) is 0 Å². The Morgan fingerprint density at radius 1 is 1.33 bits per heavy atom. The smallest absolute Gasteiger partial charge is 0.110 e. The zero-order valence-electron chi connectivity index (χ0n) is 8.22. The minimum Gasteiger partial charge on any atom is -0.312 e. The first-order valence-electron chi connectivity index (χ1n) is 4.92. The summed E-state index contributed by atoms with van der Waals surface area (Å²) in [4.78, 5) is 0. The predicted molar refractivity (Wildman–Crippen MR) is 60.2 cm³/mol. The number of hydrogen-bond acceptors (Lipinski definition) is 1. The van der Waals surface area contributed by atoms with Gasteiger partial charge < -0.3 is 3.07 Å². The average Bonchev–Trinajstić information content (AvgIpc) is 2.03. The van der Waals surface area contributed by atoms with Crippen molar-refractivity contribution in [2.45, 2.75) is 46.1 Å². The van der Waals surface area contributed by atoms with E-state index in [1.54, 1.807) is 0 Å². The molecule has 1 aliphatic rings. The van der Waals surface area contributed by atoms with Gasteiger partial charge in [-0.15, -0.1) is 0 Å². The molecule has 1 rings (SSSR count). The third kappa shape index (κ3) is 2.59. The summed E-state index contributed by atoms with van der Waals surface area (Å²) in [6.45, 7) is 6.95. The molecule has 2 heteroatoms. The van der Waals surface area contributed by atoms with E-state index in [1.807, 2.05) is 0 Å². The van der Waals surface area contributed by atoms with E-state index >= 15 is 0 Å². The third-order valence-electron chi connectivity index (χ3n) is 3.08. The van der Waals surface area contributed by atoms with Gasteiger partial charge in [-0.3, -0.25) is 0 Å². The Balaban J connectivity index is 2.50. The quantitative estimate of drug-likeness (QED) is 0.700. The molecule has 1 aliphatic carbocycles. The summed E-state index contributed by atoms with van der Waals surface area (Å²) in [7, 11) is 0. The minimum atomic E-state index is 0.509. The molecule has 72 valence electrons. The molecule has 0 radical (unpaired) electrons. The van der Waals surface area contributed by atoms with E-state index < -0.39 is 0 Å². The van der Waals surface area contributed by atoms with Crippen molar-refractivity contribution in [3.05, 3.63) is 0 Å². The molecule has 0 saturated heterocycles. The van der Waals surface area contributed by atoms with Crippen molar-refractivity contribution in [3.63, 3.8) is 0 Å². The number of rotatable bonds is 2. The molecular formula is C10H19IO. The van der Waals surface area contributed by atoms with Crippen LogP contribution in [0, 0.1) is 17.8 Å². The molecule has 0 N–H and O–H groups in total. The fraction of sp³-hybridized carbons (Fsp3) is 1.00. The van der Waals surface area contributed by atoms with Gasteiger partial charge >= 0.3 is 0 Å². The van der Waals surface area contributed by atoms with E-state index in [0.717, 1.165) is 17.8 Å². The van der Waals surface area contributed by atoms with Gasteiger partial charge in [-0.05, 0) is 30.6 Å². The van der Waals surface area contributed by atoms with Gasteiger partial charge in [-0.25, -0.2) is 0 Å². The largest absolute Gasteiger partial charge is 0.312 e. The molecule has 0 aromatic rings. The summed E-state index contributed by atoms with van der Waals surface area (Å²) >= 11 is 2.07. The van der Waals surface area contributed by atoms with Crippen LogP contribution in [0.3, 0.4) is 0 Å². The van der Waals surface area contributed by atoms with Crippen molar-refractivity contribution in [2.24, 2.45) is 17.8 Å². The van der Waals surface area contributed by atoms with Crippen molar-refractivity contribution in [2.75, 3.05) is 0 Å². The molecule has 1 fully saturated rings. The monoisotopic (exact) mass is 282 g/mol. The van der Waals surface area contributed by atoms with Crippen LogP contribution in [-0.4, -0.2) is 6.10 Å². The maximum absolute atomic E-state index is 5.51. The molecule has 0 aromatic carbocycles. The highest BCUT2D eigenvalue weighted by Gasteiger charge is 2.30. The second-order valence-corrected chi connectivity index (χ2v) is 4.96. The Labute approximate surface area is 89.9 Å². The van der Waals surface area contributed by atoms with E-state index in [0.29, 0.717) is 6.10 Å². The van der Waals surface area contributed by atoms with Gasteiger partial charge in [0.25, 0.3) is 0 Å². The summed E-state index contributed by atoms with van der Waals surface area (Å²) in [5, 5.41) is 0. The maximum Gasteiger partial charge on any atom is 0.110 e. The van der Waals surface area contributed by atoms with Crippen LogP contribution in [0.1, 0.15) is 40.0 Å². The second kappa shape index (κ2) is 4.80. The lowest BCUT2D eigenvalue weighted by molar-refractivity contribution is 0.0797. The topological polar surface area (TPSA) is 9.23 Å². The van der Waals surface area contributed by atoms with Gasteiger partial charge in [0.05, 0.1) is 6.10 Å². The molecule has 12 heavy (non-hydrogen) atoms. The van der Waals surface area contributed by atoms with E-state index in [4.69, 9.17) is 3.07 Å². The zero-order valence-corrected chi connectivity index (χ0v) is 10.4. The van der Waals surface area contributed by atoms with Gasteiger partial charge in [0.1, 0.15) is 23.0 Å². The van der Waals surface area contributed by atoms with E-state index in [9.17, 15) is 0 Å². The average molecular weight is 282 g/mol. The van der Waals surface area contributed by atoms with Crippen LogP contribution in [-0.2, 0) is 3.07 Å². The zero-order chi connectivity index (χ0) is 9.14. The molecule has 1 nitrogen and oxygen atoms in total. The van der Waals surface area contributed by atoms with E-state index in [-0.39, 0.29) is 0 Å². The lowest BCUT2D eigenvalue weighted by Crippen LogP contribution is -2.32. The van der Waals surface area contributed by atoms with Crippen molar-refractivity contribution in [1.82, 2.24) is 0 Å². The Morgan fingerprint density at radius 3 is 2.50 bits per heavy atom. The fourth-order valence-corrected chi connectivity index (χ4v) is 2.80. The first-order valence-corrected chi connectivity index (χ1v) is 5.80. The predicted octanol–water partition coefficient (Wildman–Crippen LogP) is 3.81. The van der Waals surface area contributed by atoms with E-state index in [2.05, 4.69) is 43.8 Å². The molecule has 0 heterocycles. The highest BCUT2D eigenvalue weighted by Crippen LogP contribution is 2.35. The van der Waals surface area contributed by atoms with Crippen molar-refractivity contribution >= 4 is 23.0 Å². The van der Waals surface area contributed by atoms with Gasteiger partial charge in [-0.1, -0.05) is 27.2 Å². The highest BCUT2D eigenvalue weighted by molar-refractivity contribution is 14.1. The first kappa shape index (κ1) is 10.8. The van der Waals surface area contributed by atoms with Crippen LogP contribution >= 0.6 is 23.0 Å². The molecule has 0 amide bonds. The molecule has 3 atom stereocenters. The van der Waals surface area contributed by atoms with Crippen LogP contribution < -0.4 is 0 Å². The Hall–Kier alpha value is 0.690. The Morgan fingerprint density at radius 2 is 2.00 bits per heavy atom. The molecule has 0 aromatic heterocycles. The Bertz CT molecular complexity index is 136. The van der Waals surface area contributed by atoms with Crippen molar-refractivity contribution < 1.29 is 3.07 Å². The molecular weight excluding hydrogens is 263 g/mol. The minimum absolute atomic E-state index is 0.509. The standard InChI is InChI=1S/C10H19IO/c1-7(2)9-5-4-8(3)6-10(9)12-11/h7-10H,4-6H2,1-3H3/t8-,9+,10?/m1/s1. The van der Waals surface area contributed by atoms with Crippen LogP contribution in [0.15, 0.2) is 0 Å². The summed E-state index contributed by atoms with van der Waals surface area (Å²) in [6.07, 6.45) is 4.51. The molecule has 0 bridgehead atoms. The SMILES string of the molecule is CC(C)[C@@H]1CC[C@@H](C)CC1OI. The molecule has 1 saturated carbocycles. The molecule has 0 spiro atoms. The third-order valence-corrected chi connectivity index (χ3v) is 3.73. The Kier molecular flexibility index (Phi) is 4.30. The summed E-state index contributed by atoms with van der Waals surface area (Å²) in [5.41, 5.74) is 0. The van der Waals surface area contributed by atoms with Gasteiger partial charge in [0, 0.05) is 0 Å². The van der Waals surface area contributed by atoms with Crippen LogP contribution in [0.5, 0.6) is 0 Å². The fourth-order valence-electron chi connectivity index (χ4n) is 2.22. The second-order valence-electron chi connectivity index (χ2n) is 4.45. The molecule has 0 aliphatic heterocycles. The van der Waals surface area contributed by atoms with Crippen LogP contribution in [0.4, 0.5) is 0 Å². The summed E-state index contributed by atoms with van der Waals surface area (Å²) < 4.78 is 5.51. The lowest BCUT2D eigenvalue weighted by atomic mass is 9.75. The van der Waals surface area contributed by atoms with Crippen molar-refractivity contribution in [3.8, 4) is 0 Å². The first-order chi connectivity index (χ1) is 5.65. The van der Waals surface area contributed by atoms with Gasteiger partial charge in [0.15, 0.2) is 0 Å². The van der Waals surface area contributed by atoms with Crippen LogP contribution in [0.25, 0.3) is 0 Å². The van der Waals surface area contributed by atoms with Crippen LogP contribution in [0.2, 0.25) is 0 Å². The molecule has 1 unspecified atom stereocenters.